The maximum atomic E-state index is 12.9. The number of nitro groups is 1. The van der Waals surface area contributed by atoms with Gasteiger partial charge in [0.15, 0.2) is 5.11 Å². The Balaban J connectivity index is 2.08. The first kappa shape index (κ1) is 19.1. The van der Waals surface area contributed by atoms with Gasteiger partial charge in [-0.25, -0.2) is 0 Å². The fourth-order valence-corrected chi connectivity index (χ4v) is 2.07. The zero-order chi connectivity index (χ0) is 19.3. The normalized spacial score (nSPS) is 11.3. The summed E-state index contributed by atoms with van der Waals surface area (Å²) in [7, 11) is 0. The third-order valence-electron chi connectivity index (χ3n) is 3.07. The van der Waals surface area contributed by atoms with Crippen LogP contribution in [-0.4, -0.2) is 21.4 Å². The summed E-state index contributed by atoms with van der Waals surface area (Å²) in [6, 6.07) is 8.06. The SMILES string of the molecule is O=[N+]([O-])c1ccc(O)c(/C=N\NC(=S)Nc2ccccc2C(F)(F)F)c1. The minimum Gasteiger partial charge on any atom is -0.507 e. The highest BCUT2D eigenvalue weighted by Crippen LogP contribution is 2.34. The Labute approximate surface area is 150 Å². The molecule has 0 atom stereocenters. The Kier molecular flexibility index (Phi) is 5.72. The summed E-state index contributed by atoms with van der Waals surface area (Å²) in [6.45, 7) is 0. The van der Waals surface area contributed by atoms with E-state index in [1.165, 1.54) is 18.2 Å². The molecule has 2 aromatic carbocycles. The maximum absolute atomic E-state index is 12.9. The molecule has 7 nitrogen and oxygen atoms in total. The summed E-state index contributed by atoms with van der Waals surface area (Å²) in [5.41, 5.74) is 0.891. The van der Waals surface area contributed by atoms with Crippen LogP contribution in [0.5, 0.6) is 5.75 Å². The van der Waals surface area contributed by atoms with Gasteiger partial charge in [-0.1, -0.05) is 12.1 Å². The van der Waals surface area contributed by atoms with Crippen LogP contribution in [0.3, 0.4) is 0 Å². The van der Waals surface area contributed by atoms with Gasteiger partial charge in [0.05, 0.1) is 22.4 Å². The van der Waals surface area contributed by atoms with Crippen molar-refractivity contribution in [2.45, 2.75) is 6.18 Å². The highest BCUT2D eigenvalue weighted by atomic mass is 32.1. The smallest absolute Gasteiger partial charge is 0.418 e. The molecule has 0 amide bonds. The second-order valence-electron chi connectivity index (χ2n) is 4.87. The second kappa shape index (κ2) is 7.78. The zero-order valence-electron chi connectivity index (χ0n) is 12.8. The molecular weight excluding hydrogens is 373 g/mol. The van der Waals surface area contributed by atoms with E-state index in [0.29, 0.717) is 0 Å². The third-order valence-corrected chi connectivity index (χ3v) is 3.27. The number of phenolic OH excluding ortho intramolecular Hbond substituents is 1. The van der Waals surface area contributed by atoms with Gasteiger partial charge in [0.2, 0.25) is 0 Å². The lowest BCUT2D eigenvalue weighted by molar-refractivity contribution is -0.384. The number of nitrogens with zero attached hydrogens (tertiary/aromatic N) is 2. The van der Waals surface area contributed by atoms with Crippen LogP contribution in [0.25, 0.3) is 0 Å². The summed E-state index contributed by atoms with van der Waals surface area (Å²) in [5.74, 6) is -0.262. The Morgan fingerprint density at radius 3 is 2.62 bits per heavy atom. The summed E-state index contributed by atoms with van der Waals surface area (Å²) in [4.78, 5) is 10.1. The number of hydrogen-bond acceptors (Lipinski definition) is 5. The number of nitrogens with one attached hydrogen (secondary N) is 2. The fourth-order valence-electron chi connectivity index (χ4n) is 1.91. The number of halogens is 3. The minimum absolute atomic E-state index is 0.0326. The molecular formula is C15H11F3N4O3S. The van der Waals surface area contributed by atoms with Gasteiger partial charge in [-0.15, -0.1) is 0 Å². The van der Waals surface area contributed by atoms with Crippen molar-refractivity contribution in [3.05, 3.63) is 63.7 Å². The third kappa shape index (κ3) is 4.89. The highest BCUT2D eigenvalue weighted by Gasteiger charge is 2.33. The molecule has 0 aliphatic heterocycles. The van der Waals surface area contributed by atoms with Crippen molar-refractivity contribution in [3.8, 4) is 5.75 Å². The van der Waals surface area contributed by atoms with E-state index >= 15 is 0 Å². The molecule has 2 rings (SSSR count). The number of anilines is 1. The van der Waals surface area contributed by atoms with E-state index in [1.54, 1.807) is 0 Å². The van der Waals surface area contributed by atoms with Crippen LogP contribution in [0.1, 0.15) is 11.1 Å². The Morgan fingerprint density at radius 2 is 1.96 bits per heavy atom. The Morgan fingerprint density at radius 1 is 1.27 bits per heavy atom. The molecule has 0 saturated carbocycles. The number of hydrazone groups is 1. The van der Waals surface area contributed by atoms with Crippen LogP contribution in [0.4, 0.5) is 24.5 Å². The van der Waals surface area contributed by atoms with Crippen LogP contribution in [-0.2, 0) is 6.18 Å². The Hall–Kier alpha value is -3.21. The van der Waals surface area contributed by atoms with Crippen molar-refractivity contribution in [2.75, 3.05) is 5.32 Å². The largest absolute Gasteiger partial charge is 0.507 e. The summed E-state index contributed by atoms with van der Waals surface area (Å²) >= 11 is 4.86. The van der Waals surface area contributed by atoms with Crippen molar-refractivity contribution < 1.29 is 23.2 Å². The molecule has 0 bridgehead atoms. The van der Waals surface area contributed by atoms with Gasteiger partial charge in [-0.2, -0.15) is 18.3 Å². The average Bonchev–Trinajstić information content (AvgIpc) is 2.55. The van der Waals surface area contributed by atoms with E-state index in [0.717, 1.165) is 30.5 Å². The molecule has 0 heterocycles. The van der Waals surface area contributed by atoms with Gasteiger partial charge in [0.1, 0.15) is 5.75 Å². The van der Waals surface area contributed by atoms with E-state index in [4.69, 9.17) is 12.2 Å². The van der Waals surface area contributed by atoms with Gasteiger partial charge in [0, 0.05) is 17.7 Å². The quantitative estimate of drug-likeness (QED) is 0.322. The van der Waals surface area contributed by atoms with Crippen molar-refractivity contribution in [1.82, 2.24) is 5.43 Å². The number of nitro benzene ring substituents is 1. The van der Waals surface area contributed by atoms with E-state index in [1.807, 2.05) is 0 Å². The van der Waals surface area contributed by atoms with Crippen LogP contribution in [0, 0.1) is 10.1 Å². The molecule has 0 unspecified atom stereocenters. The molecule has 2 aromatic rings. The summed E-state index contributed by atoms with van der Waals surface area (Å²) in [5, 5.41) is 26.1. The minimum atomic E-state index is -4.56. The van der Waals surface area contributed by atoms with E-state index < -0.39 is 16.7 Å². The first-order valence-electron chi connectivity index (χ1n) is 6.92. The lowest BCUT2D eigenvalue weighted by atomic mass is 10.2. The first-order chi connectivity index (χ1) is 12.2. The maximum Gasteiger partial charge on any atom is 0.418 e. The van der Waals surface area contributed by atoms with Crippen molar-refractivity contribution in [1.29, 1.82) is 0 Å². The molecule has 11 heteroatoms. The highest BCUT2D eigenvalue weighted by molar-refractivity contribution is 7.80. The number of para-hydroxylation sites is 1. The predicted octanol–water partition coefficient (Wildman–Crippen LogP) is 3.64. The molecule has 26 heavy (non-hydrogen) atoms. The van der Waals surface area contributed by atoms with Gasteiger partial charge in [-0.3, -0.25) is 15.5 Å². The standard InChI is InChI=1S/C15H11F3N4O3S/c16-15(17,18)11-3-1-2-4-12(11)20-14(26)21-19-8-9-7-10(22(24)25)5-6-13(9)23/h1-8,23H,(H2,20,21,26)/b19-8-. The van der Waals surface area contributed by atoms with Gasteiger partial charge in [0.25, 0.3) is 5.69 Å². The van der Waals surface area contributed by atoms with E-state index in [9.17, 15) is 28.4 Å². The fraction of sp³-hybridized carbons (Fsp3) is 0.0667. The number of benzene rings is 2. The van der Waals surface area contributed by atoms with Crippen LogP contribution in [0.15, 0.2) is 47.6 Å². The van der Waals surface area contributed by atoms with Gasteiger partial charge < -0.3 is 10.4 Å². The summed E-state index contributed by atoms with van der Waals surface area (Å²) < 4.78 is 38.7. The van der Waals surface area contributed by atoms with Crippen molar-refractivity contribution in [3.63, 3.8) is 0 Å². The number of rotatable bonds is 4. The van der Waals surface area contributed by atoms with E-state index in [-0.39, 0.29) is 27.8 Å². The molecule has 0 saturated heterocycles. The predicted molar refractivity (Wildman–Crippen MR) is 93.2 cm³/mol. The van der Waals surface area contributed by atoms with Gasteiger partial charge in [-0.05, 0) is 30.4 Å². The lowest BCUT2D eigenvalue weighted by Gasteiger charge is -2.14. The van der Waals surface area contributed by atoms with Crippen molar-refractivity contribution in [2.24, 2.45) is 5.10 Å². The number of thiocarbonyl (C=S) groups is 1. The molecule has 0 aliphatic rings. The molecule has 136 valence electrons. The summed E-state index contributed by atoms with van der Waals surface area (Å²) in [6.07, 6.45) is -3.51. The number of phenols is 1. The molecule has 0 aromatic heterocycles. The monoisotopic (exact) mass is 384 g/mol. The molecule has 0 fully saturated rings. The average molecular weight is 384 g/mol. The molecule has 0 spiro atoms. The van der Waals surface area contributed by atoms with Gasteiger partial charge >= 0.3 is 6.18 Å². The molecule has 0 aliphatic carbocycles. The number of aromatic hydroxyl groups is 1. The van der Waals surface area contributed by atoms with Crippen LogP contribution < -0.4 is 10.7 Å². The van der Waals surface area contributed by atoms with E-state index in [2.05, 4.69) is 15.8 Å². The lowest BCUT2D eigenvalue weighted by Crippen LogP contribution is -2.25. The number of hydrogen-bond donors (Lipinski definition) is 3. The number of non-ortho nitro benzene ring substituents is 1. The Bertz CT molecular complexity index is 871. The zero-order valence-corrected chi connectivity index (χ0v) is 13.6. The topological polar surface area (TPSA) is 99.8 Å². The molecule has 0 radical (unpaired) electrons. The first-order valence-corrected chi connectivity index (χ1v) is 7.33. The van der Waals surface area contributed by atoms with Crippen LogP contribution in [0.2, 0.25) is 0 Å². The molecule has 3 N–H and O–H groups in total. The second-order valence-corrected chi connectivity index (χ2v) is 5.28. The van der Waals surface area contributed by atoms with Crippen LogP contribution >= 0.6 is 12.2 Å². The number of alkyl halides is 3. The van der Waals surface area contributed by atoms with Crippen molar-refractivity contribution >= 4 is 34.9 Å².